The summed E-state index contributed by atoms with van der Waals surface area (Å²) in [7, 11) is 1.64. The van der Waals surface area contributed by atoms with E-state index in [1.807, 2.05) is 31.2 Å². The van der Waals surface area contributed by atoms with Crippen molar-refractivity contribution in [3.8, 4) is 11.4 Å². The second-order valence-electron chi connectivity index (χ2n) is 8.37. The fourth-order valence-electron chi connectivity index (χ4n) is 4.11. The van der Waals surface area contributed by atoms with Crippen molar-refractivity contribution in [3.63, 3.8) is 0 Å². The van der Waals surface area contributed by atoms with E-state index in [0.717, 1.165) is 35.4 Å². The number of ether oxygens (including phenoxy) is 1. The highest BCUT2D eigenvalue weighted by Crippen LogP contribution is 2.22. The number of para-hydroxylation sites is 1. The van der Waals surface area contributed by atoms with Gasteiger partial charge in [0.25, 0.3) is 0 Å². The van der Waals surface area contributed by atoms with Crippen molar-refractivity contribution < 1.29 is 9.53 Å². The molecule has 9 heteroatoms. The molecule has 4 rings (SSSR count). The van der Waals surface area contributed by atoms with Crippen LogP contribution in [0, 0.1) is 6.92 Å². The third kappa shape index (κ3) is 5.40. The summed E-state index contributed by atoms with van der Waals surface area (Å²) in [5.41, 5.74) is 5.35. The molecule has 0 bridgehead atoms. The van der Waals surface area contributed by atoms with Crippen molar-refractivity contribution in [2.75, 3.05) is 12.4 Å². The van der Waals surface area contributed by atoms with Crippen LogP contribution < -0.4 is 10.1 Å². The van der Waals surface area contributed by atoms with E-state index in [0.29, 0.717) is 24.6 Å². The summed E-state index contributed by atoms with van der Waals surface area (Å²) < 4.78 is 8.80. The molecular formula is C26H31N7O2. The van der Waals surface area contributed by atoms with Crippen LogP contribution in [0.25, 0.3) is 5.69 Å². The molecule has 9 nitrogen and oxygen atoms in total. The molecule has 0 spiro atoms. The van der Waals surface area contributed by atoms with Gasteiger partial charge < -0.3 is 10.1 Å². The highest BCUT2D eigenvalue weighted by atomic mass is 16.5. The molecule has 0 atom stereocenters. The van der Waals surface area contributed by atoms with Crippen LogP contribution in [0.4, 0.5) is 5.82 Å². The zero-order valence-corrected chi connectivity index (χ0v) is 20.7. The van der Waals surface area contributed by atoms with Crippen molar-refractivity contribution in [3.05, 3.63) is 76.7 Å². The second-order valence-corrected chi connectivity index (χ2v) is 8.37. The summed E-state index contributed by atoms with van der Waals surface area (Å²) in [6, 6.07) is 14.1. The van der Waals surface area contributed by atoms with E-state index < -0.39 is 0 Å². The number of anilines is 1. The van der Waals surface area contributed by atoms with Gasteiger partial charge in [0.1, 0.15) is 11.6 Å². The van der Waals surface area contributed by atoms with Gasteiger partial charge in [0.15, 0.2) is 5.82 Å². The van der Waals surface area contributed by atoms with Crippen molar-refractivity contribution in [2.24, 2.45) is 0 Å². The largest absolute Gasteiger partial charge is 0.497 e. The Balaban J connectivity index is 1.46. The van der Waals surface area contributed by atoms with Crippen LogP contribution in [-0.2, 0) is 30.6 Å². The van der Waals surface area contributed by atoms with Gasteiger partial charge >= 0.3 is 0 Å². The number of aryl methyl sites for hydroxylation is 4. The van der Waals surface area contributed by atoms with E-state index in [9.17, 15) is 4.79 Å². The molecule has 1 amide bonds. The fourth-order valence-corrected chi connectivity index (χ4v) is 4.11. The monoisotopic (exact) mass is 473 g/mol. The van der Waals surface area contributed by atoms with Crippen molar-refractivity contribution in [2.45, 2.75) is 53.0 Å². The first-order valence-electron chi connectivity index (χ1n) is 11.9. The van der Waals surface area contributed by atoms with Crippen LogP contribution >= 0.6 is 0 Å². The van der Waals surface area contributed by atoms with E-state index in [-0.39, 0.29) is 12.3 Å². The third-order valence-corrected chi connectivity index (χ3v) is 6.06. The lowest BCUT2D eigenvalue weighted by Crippen LogP contribution is -2.18. The van der Waals surface area contributed by atoms with Gasteiger partial charge in [-0.25, -0.2) is 4.68 Å². The molecule has 4 aromatic rings. The predicted molar refractivity (Wildman–Crippen MR) is 134 cm³/mol. The van der Waals surface area contributed by atoms with Crippen LogP contribution in [0.15, 0.2) is 48.7 Å². The number of carbonyl (C=O) groups is 1. The van der Waals surface area contributed by atoms with Gasteiger partial charge in [-0.05, 0) is 59.0 Å². The smallest absolute Gasteiger partial charge is 0.225 e. The van der Waals surface area contributed by atoms with Crippen molar-refractivity contribution in [1.29, 1.82) is 0 Å². The molecule has 0 unspecified atom stereocenters. The van der Waals surface area contributed by atoms with E-state index in [1.165, 1.54) is 11.1 Å². The minimum Gasteiger partial charge on any atom is -0.497 e. The number of tetrazole rings is 1. The standard InChI is InChI=1S/C26H31N7O2/c1-5-20-8-7-9-21(6-2)25(20)33-23(29-30-31-33)14-15-24(34)28-26-18(3)16-27-32(26)17-19-10-12-22(35-4)13-11-19/h7-13,16H,5-6,14-15,17H2,1-4H3,(H,28,34). The van der Waals surface area contributed by atoms with Gasteiger partial charge in [0, 0.05) is 18.4 Å². The number of methoxy groups -OCH3 is 1. The average molecular weight is 474 g/mol. The molecule has 2 aromatic carbocycles. The van der Waals surface area contributed by atoms with Gasteiger partial charge in [-0.15, -0.1) is 5.10 Å². The number of hydrogen-bond acceptors (Lipinski definition) is 6. The van der Waals surface area contributed by atoms with Gasteiger partial charge in [-0.2, -0.15) is 9.78 Å². The first kappa shape index (κ1) is 24.1. The molecule has 0 saturated heterocycles. The molecular weight excluding hydrogens is 442 g/mol. The zero-order chi connectivity index (χ0) is 24.8. The summed E-state index contributed by atoms with van der Waals surface area (Å²) in [4.78, 5) is 12.9. The Kier molecular flexibility index (Phi) is 7.54. The maximum Gasteiger partial charge on any atom is 0.225 e. The van der Waals surface area contributed by atoms with Gasteiger partial charge in [-0.1, -0.05) is 44.2 Å². The lowest BCUT2D eigenvalue weighted by Gasteiger charge is -2.14. The Morgan fingerprint density at radius 3 is 2.43 bits per heavy atom. The summed E-state index contributed by atoms with van der Waals surface area (Å²) in [6.45, 7) is 6.71. The molecule has 0 fully saturated rings. The van der Waals surface area contributed by atoms with Gasteiger partial charge in [-0.3, -0.25) is 4.79 Å². The van der Waals surface area contributed by atoms with Crippen LogP contribution in [0.5, 0.6) is 5.75 Å². The zero-order valence-electron chi connectivity index (χ0n) is 20.7. The molecule has 2 heterocycles. The van der Waals surface area contributed by atoms with Crippen LogP contribution in [0.1, 0.15) is 48.3 Å². The topological polar surface area (TPSA) is 99.8 Å². The summed E-state index contributed by atoms with van der Waals surface area (Å²) in [6.07, 6.45) is 4.18. The average Bonchev–Trinajstić information content (AvgIpc) is 3.49. The SMILES string of the molecule is CCc1cccc(CC)c1-n1nnnc1CCC(=O)Nc1c(C)cnn1Cc1ccc(OC)cc1. The summed E-state index contributed by atoms with van der Waals surface area (Å²) in [5.74, 6) is 2.04. The van der Waals surface area contributed by atoms with E-state index in [2.05, 4.69) is 58.0 Å². The first-order chi connectivity index (χ1) is 17.0. The Bertz CT molecular complexity index is 1270. The summed E-state index contributed by atoms with van der Waals surface area (Å²) >= 11 is 0. The fraction of sp³-hybridized carbons (Fsp3) is 0.346. The molecule has 0 aliphatic carbocycles. The Morgan fingerprint density at radius 1 is 1.06 bits per heavy atom. The number of amides is 1. The number of benzene rings is 2. The Hall–Kier alpha value is -4.01. The van der Waals surface area contributed by atoms with Crippen LogP contribution in [0.3, 0.4) is 0 Å². The van der Waals surface area contributed by atoms with E-state index in [1.54, 1.807) is 22.7 Å². The lowest BCUT2D eigenvalue weighted by molar-refractivity contribution is -0.116. The maximum atomic E-state index is 12.9. The number of nitrogens with one attached hydrogen (secondary N) is 1. The number of aromatic nitrogens is 6. The Labute approximate surface area is 205 Å². The van der Waals surface area contributed by atoms with Crippen molar-refractivity contribution >= 4 is 11.7 Å². The molecule has 1 N–H and O–H groups in total. The van der Waals surface area contributed by atoms with E-state index in [4.69, 9.17) is 4.74 Å². The second kappa shape index (κ2) is 10.9. The first-order valence-corrected chi connectivity index (χ1v) is 11.9. The molecule has 0 saturated carbocycles. The molecule has 182 valence electrons. The highest BCUT2D eigenvalue weighted by molar-refractivity contribution is 5.90. The number of carbonyl (C=O) groups excluding carboxylic acids is 1. The molecule has 35 heavy (non-hydrogen) atoms. The van der Waals surface area contributed by atoms with Crippen LogP contribution in [0.2, 0.25) is 0 Å². The van der Waals surface area contributed by atoms with Gasteiger partial charge in [0.05, 0.1) is 25.5 Å². The summed E-state index contributed by atoms with van der Waals surface area (Å²) in [5, 5.41) is 19.8. The molecule has 2 aromatic heterocycles. The molecule has 0 aliphatic heterocycles. The molecule has 0 radical (unpaired) electrons. The Morgan fingerprint density at radius 2 is 1.77 bits per heavy atom. The minimum atomic E-state index is -0.112. The quantitative estimate of drug-likeness (QED) is 0.375. The molecule has 0 aliphatic rings. The number of rotatable bonds is 10. The normalized spacial score (nSPS) is 11.0. The van der Waals surface area contributed by atoms with Gasteiger partial charge in [0.2, 0.25) is 5.91 Å². The number of nitrogens with zero attached hydrogens (tertiary/aromatic N) is 6. The highest BCUT2D eigenvalue weighted by Gasteiger charge is 2.17. The third-order valence-electron chi connectivity index (χ3n) is 6.06. The maximum absolute atomic E-state index is 12.9. The van der Waals surface area contributed by atoms with E-state index >= 15 is 0 Å². The number of hydrogen-bond donors (Lipinski definition) is 1. The van der Waals surface area contributed by atoms with Crippen molar-refractivity contribution in [1.82, 2.24) is 30.0 Å². The van der Waals surface area contributed by atoms with Crippen LogP contribution in [-0.4, -0.2) is 43.0 Å². The predicted octanol–water partition coefficient (Wildman–Crippen LogP) is 3.92. The lowest BCUT2D eigenvalue weighted by atomic mass is 10.0. The minimum absolute atomic E-state index is 0.112.